The molecule has 1 aromatic carbocycles. The van der Waals surface area contributed by atoms with E-state index in [1.807, 2.05) is 0 Å². The quantitative estimate of drug-likeness (QED) is 0.679. The number of nitro benzene ring substituents is 1. The Hall–Kier alpha value is -1.04. The molecule has 0 bridgehead atoms. The summed E-state index contributed by atoms with van der Waals surface area (Å²) in [5, 5.41) is 21.9. The largest absolute Gasteiger partial charge is 0.388 e. The zero-order valence-corrected chi connectivity index (χ0v) is 12.6. The van der Waals surface area contributed by atoms with Crippen molar-refractivity contribution in [2.24, 2.45) is 0 Å². The molecule has 0 amide bonds. The summed E-state index contributed by atoms with van der Waals surface area (Å²) in [5.74, 6) is 0. The third-order valence-electron chi connectivity index (χ3n) is 3.69. The van der Waals surface area contributed by atoms with Crippen LogP contribution in [0.1, 0.15) is 25.7 Å². The van der Waals surface area contributed by atoms with Gasteiger partial charge in [-0.05, 0) is 18.9 Å². The molecule has 1 saturated carbocycles. The first-order valence-electron chi connectivity index (χ1n) is 6.39. The molecule has 5 nitrogen and oxygen atoms in total. The second-order valence-electron chi connectivity index (χ2n) is 5.30. The summed E-state index contributed by atoms with van der Waals surface area (Å²) in [6, 6.07) is 2.72. The van der Waals surface area contributed by atoms with Crippen LogP contribution in [0.15, 0.2) is 12.1 Å². The highest BCUT2D eigenvalue weighted by Crippen LogP contribution is 2.38. The first kappa shape index (κ1) is 15.4. The molecule has 110 valence electrons. The maximum absolute atomic E-state index is 11.1. The molecule has 0 spiro atoms. The van der Waals surface area contributed by atoms with E-state index in [2.05, 4.69) is 0 Å². The fraction of sp³-hybridized carbons (Fsp3) is 0.538. The normalized spacial score (nSPS) is 17.2. The van der Waals surface area contributed by atoms with Crippen LogP contribution < -0.4 is 4.90 Å². The molecule has 0 radical (unpaired) electrons. The molecule has 1 aliphatic rings. The molecule has 20 heavy (non-hydrogen) atoms. The maximum Gasteiger partial charge on any atom is 0.294 e. The van der Waals surface area contributed by atoms with Gasteiger partial charge < -0.3 is 10.0 Å². The van der Waals surface area contributed by atoms with E-state index >= 15 is 0 Å². The highest BCUT2D eigenvalue weighted by atomic mass is 35.5. The molecule has 0 aliphatic heterocycles. The van der Waals surface area contributed by atoms with Crippen molar-refractivity contribution in [3.63, 3.8) is 0 Å². The van der Waals surface area contributed by atoms with Gasteiger partial charge in [0.25, 0.3) is 5.69 Å². The summed E-state index contributed by atoms with van der Waals surface area (Å²) < 4.78 is 0. The molecule has 0 atom stereocenters. The third-order valence-corrected chi connectivity index (χ3v) is 4.41. The molecule has 1 aromatic rings. The minimum Gasteiger partial charge on any atom is -0.388 e. The predicted molar refractivity (Wildman–Crippen MR) is 79.8 cm³/mol. The van der Waals surface area contributed by atoms with Crippen molar-refractivity contribution < 1.29 is 10.0 Å². The van der Waals surface area contributed by atoms with Crippen molar-refractivity contribution in [2.75, 3.05) is 18.5 Å². The van der Waals surface area contributed by atoms with Crippen LogP contribution in [-0.4, -0.2) is 29.2 Å². The summed E-state index contributed by atoms with van der Waals surface area (Å²) in [6.07, 6.45) is 3.39. The first-order valence-corrected chi connectivity index (χ1v) is 7.15. The van der Waals surface area contributed by atoms with Crippen molar-refractivity contribution in [1.29, 1.82) is 0 Å². The molecule has 0 heterocycles. The molecule has 0 unspecified atom stereocenters. The Morgan fingerprint density at radius 1 is 1.35 bits per heavy atom. The van der Waals surface area contributed by atoms with E-state index in [0.717, 1.165) is 12.8 Å². The third kappa shape index (κ3) is 3.16. The number of hydrogen-bond acceptors (Lipinski definition) is 4. The summed E-state index contributed by atoms with van der Waals surface area (Å²) in [4.78, 5) is 12.3. The summed E-state index contributed by atoms with van der Waals surface area (Å²) in [6.45, 7) is 0.339. The highest BCUT2D eigenvalue weighted by Gasteiger charge is 2.33. The molecule has 0 aromatic heterocycles. The predicted octanol–water partition coefficient (Wildman–Crippen LogP) is 3.64. The number of halogens is 2. The van der Waals surface area contributed by atoms with Gasteiger partial charge in [-0.1, -0.05) is 36.0 Å². The van der Waals surface area contributed by atoms with Gasteiger partial charge in [-0.2, -0.15) is 0 Å². The lowest BCUT2D eigenvalue weighted by Gasteiger charge is -2.29. The van der Waals surface area contributed by atoms with Gasteiger partial charge in [0.2, 0.25) is 0 Å². The van der Waals surface area contributed by atoms with Crippen LogP contribution in [0, 0.1) is 10.1 Å². The molecular weight excluding hydrogens is 303 g/mol. The molecule has 0 saturated heterocycles. The number of aliphatic hydroxyl groups is 1. The lowest BCUT2D eigenvalue weighted by atomic mass is 10.0. The Morgan fingerprint density at radius 2 is 1.90 bits per heavy atom. The average molecular weight is 319 g/mol. The van der Waals surface area contributed by atoms with Crippen LogP contribution in [-0.2, 0) is 0 Å². The average Bonchev–Trinajstić information content (AvgIpc) is 2.78. The van der Waals surface area contributed by atoms with Crippen LogP contribution >= 0.6 is 23.2 Å². The summed E-state index contributed by atoms with van der Waals surface area (Å²) >= 11 is 11.8. The van der Waals surface area contributed by atoms with Crippen molar-refractivity contribution in [2.45, 2.75) is 31.3 Å². The fourth-order valence-corrected chi connectivity index (χ4v) is 3.01. The van der Waals surface area contributed by atoms with E-state index < -0.39 is 10.5 Å². The van der Waals surface area contributed by atoms with Crippen LogP contribution in [0.4, 0.5) is 11.4 Å². The Bertz CT molecular complexity index is 531. The van der Waals surface area contributed by atoms with Gasteiger partial charge in [0.15, 0.2) is 0 Å². The number of anilines is 1. The Kier molecular flexibility index (Phi) is 4.42. The van der Waals surface area contributed by atoms with Crippen LogP contribution in [0.3, 0.4) is 0 Å². The van der Waals surface area contributed by atoms with Crippen LogP contribution in [0.25, 0.3) is 0 Å². The molecule has 2 rings (SSSR count). The summed E-state index contributed by atoms with van der Waals surface area (Å²) in [7, 11) is 1.71. The van der Waals surface area contributed by atoms with Crippen molar-refractivity contribution in [1.82, 2.24) is 0 Å². The smallest absolute Gasteiger partial charge is 0.294 e. The minimum atomic E-state index is -0.783. The molecule has 7 heteroatoms. The number of nitro groups is 1. The standard InChI is InChI=1S/C13H16Cl2N2O3/c1-16(8-13(18)4-2-3-5-13)11-6-9(14)10(15)7-12(11)17(19)20/h6-7,18H,2-5,8H2,1H3. The zero-order valence-electron chi connectivity index (χ0n) is 11.1. The van der Waals surface area contributed by atoms with E-state index in [0.29, 0.717) is 25.1 Å². The zero-order chi connectivity index (χ0) is 14.9. The molecule has 1 N–H and O–H groups in total. The Morgan fingerprint density at radius 3 is 2.45 bits per heavy atom. The number of rotatable bonds is 4. The second-order valence-corrected chi connectivity index (χ2v) is 6.11. The van der Waals surface area contributed by atoms with Gasteiger partial charge in [-0.25, -0.2) is 0 Å². The number of nitrogens with zero attached hydrogens (tertiary/aromatic N) is 2. The lowest BCUT2D eigenvalue weighted by molar-refractivity contribution is -0.384. The monoisotopic (exact) mass is 318 g/mol. The van der Waals surface area contributed by atoms with Crippen molar-refractivity contribution >= 4 is 34.6 Å². The van der Waals surface area contributed by atoms with Gasteiger partial charge in [-0.15, -0.1) is 0 Å². The van der Waals surface area contributed by atoms with Gasteiger partial charge in [-0.3, -0.25) is 10.1 Å². The minimum absolute atomic E-state index is 0.108. The Labute approximate surface area is 127 Å². The topological polar surface area (TPSA) is 66.6 Å². The SMILES string of the molecule is CN(CC1(O)CCCC1)c1cc(Cl)c(Cl)cc1[N+](=O)[O-]. The Balaban J connectivity index is 2.31. The number of benzene rings is 1. The fourth-order valence-electron chi connectivity index (χ4n) is 2.70. The summed E-state index contributed by atoms with van der Waals surface area (Å²) in [5.41, 5.74) is -0.525. The van der Waals surface area contributed by atoms with Crippen LogP contribution in [0.2, 0.25) is 10.0 Å². The van der Waals surface area contributed by atoms with E-state index in [9.17, 15) is 15.2 Å². The van der Waals surface area contributed by atoms with Gasteiger partial charge in [0, 0.05) is 19.7 Å². The van der Waals surface area contributed by atoms with Gasteiger partial charge in [0.05, 0.1) is 20.6 Å². The van der Waals surface area contributed by atoms with Gasteiger partial charge >= 0.3 is 0 Å². The molecule has 1 aliphatic carbocycles. The van der Waals surface area contributed by atoms with Crippen molar-refractivity contribution in [3.05, 3.63) is 32.3 Å². The van der Waals surface area contributed by atoms with E-state index in [4.69, 9.17) is 23.2 Å². The first-order chi connectivity index (χ1) is 9.32. The number of likely N-dealkylation sites (N-methyl/N-ethyl adjacent to an activating group) is 1. The molecular formula is C13H16Cl2N2O3. The second kappa shape index (κ2) is 5.76. The van der Waals surface area contributed by atoms with Crippen molar-refractivity contribution in [3.8, 4) is 0 Å². The van der Waals surface area contributed by atoms with E-state index in [-0.39, 0.29) is 15.7 Å². The van der Waals surface area contributed by atoms with Crippen LogP contribution in [0.5, 0.6) is 0 Å². The van der Waals surface area contributed by atoms with E-state index in [1.54, 1.807) is 11.9 Å². The highest BCUT2D eigenvalue weighted by molar-refractivity contribution is 6.42. The molecule has 1 fully saturated rings. The van der Waals surface area contributed by atoms with E-state index in [1.165, 1.54) is 12.1 Å². The maximum atomic E-state index is 11.1. The van der Waals surface area contributed by atoms with Gasteiger partial charge in [0.1, 0.15) is 5.69 Å². The number of hydrogen-bond donors (Lipinski definition) is 1. The lowest BCUT2D eigenvalue weighted by Crippen LogP contribution is -2.39.